The fraction of sp³-hybridized carbons (Fsp3) is 0.320. The predicted molar refractivity (Wildman–Crippen MR) is 124 cm³/mol. The van der Waals surface area contributed by atoms with Crippen molar-refractivity contribution in [3.8, 4) is 5.75 Å². The van der Waals surface area contributed by atoms with Gasteiger partial charge in [-0.1, -0.05) is 12.1 Å². The van der Waals surface area contributed by atoms with Crippen molar-refractivity contribution in [1.82, 2.24) is 14.8 Å². The minimum Gasteiger partial charge on any atom is -0.505 e. The number of phenols is 1. The molecule has 0 radical (unpaired) electrons. The van der Waals surface area contributed by atoms with Crippen LogP contribution in [0.25, 0.3) is 10.9 Å². The number of aromatic nitrogens is 1. The number of ether oxygens (including phenoxy) is 1. The zero-order chi connectivity index (χ0) is 24.2. The van der Waals surface area contributed by atoms with Crippen LogP contribution in [0.1, 0.15) is 31.8 Å². The molecular weight excluding hydrogens is 441 g/mol. The molecule has 1 amide bonds. The zero-order valence-corrected chi connectivity index (χ0v) is 18.8. The summed E-state index contributed by atoms with van der Waals surface area (Å²) in [5.74, 6) is -2.45. The largest absolute Gasteiger partial charge is 0.505 e. The number of fused-ring (bicyclic) bond motifs is 1. The first-order chi connectivity index (χ1) is 16.4. The van der Waals surface area contributed by atoms with E-state index in [4.69, 9.17) is 4.74 Å². The van der Waals surface area contributed by atoms with Crippen molar-refractivity contribution in [2.24, 2.45) is 0 Å². The van der Waals surface area contributed by atoms with Gasteiger partial charge < -0.3 is 19.8 Å². The third-order valence-electron chi connectivity index (χ3n) is 6.06. The lowest BCUT2D eigenvalue weighted by Crippen LogP contribution is -2.49. The second kappa shape index (κ2) is 10.1. The van der Waals surface area contributed by atoms with Crippen molar-refractivity contribution in [2.75, 3.05) is 46.4 Å². The lowest BCUT2D eigenvalue weighted by atomic mass is 9.98. The van der Waals surface area contributed by atoms with E-state index in [2.05, 4.69) is 9.88 Å². The lowest BCUT2D eigenvalue weighted by molar-refractivity contribution is 0.0596. The SMILES string of the molecule is COCCN1CCN(C(=O)c2cc(C(=O)O)c(O)c3ncc(Cc4ccc(F)cc4)cc23)CC1. The number of amides is 1. The molecule has 0 saturated carbocycles. The van der Waals surface area contributed by atoms with Crippen LogP contribution >= 0.6 is 0 Å². The summed E-state index contributed by atoms with van der Waals surface area (Å²) in [6.45, 7) is 3.75. The molecule has 0 atom stereocenters. The van der Waals surface area contributed by atoms with Crippen molar-refractivity contribution < 1.29 is 28.9 Å². The zero-order valence-electron chi connectivity index (χ0n) is 18.8. The minimum absolute atomic E-state index is 0.0600. The topological polar surface area (TPSA) is 103 Å². The number of benzene rings is 2. The normalized spacial score (nSPS) is 14.5. The van der Waals surface area contributed by atoms with Gasteiger partial charge in [0.15, 0.2) is 5.75 Å². The van der Waals surface area contributed by atoms with Crippen molar-refractivity contribution >= 4 is 22.8 Å². The molecule has 0 bridgehead atoms. The van der Waals surface area contributed by atoms with Gasteiger partial charge >= 0.3 is 5.97 Å². The number of carbonyl (C=O) groups excluding carboxylic acids is 1. The van der Waals surface area contributed by atoms with E-state index in [0.717, 1.165) is 17.7 Å². The molecule has 0 unspecified atom stereocenters. The van der Waals surface area contributed by atoms with Gasteiger partial charge in [-0.15, -0.1) is 0 Å². The molecular formula is C25H26FN3O5. The summed E-state index contributed by atoms with van der Waals surface area (Å²) in [5, 5.41) is 20.5. The van der Waals surface area contributed by atoms with Crippen LogP contribution in [0.15, 0.2) is 42.6 Å². The molecule has 2 aromatic carbocycles. The molecule has 1 fully saturated rings. The number of rotatable bonds is 7. The molecule has 4 rings (SSSR count). The monoisotopic (exact) mass is 467 g/mol. The highest BCUT2D eigenvalue weighted by atomic mass is 19.1. The van der Waals surface area contributed by atoms with E-state index in [-0.39, 0.29) is 28.4 Å². The third-order valence-corrected chi connectivity index (χ3v) is 6.06. The van der Waals surface area contributed by atoms with Gasteiger partial charge in [0.2, 0.25) is 0 Å². The van der Waals surface area contributed by atoms with E-state index in [0.29, 0.717) is 44.6 Å². The van der Waals surface area contributed by atoms with Crippen LogP contribution in [0.5, 0.6) is 5.75 Å². The molecule has 0 aliphatic carbocycles. The van der Waals surface area contributed by atoms with Crippen LogP contribution in [0.2, 0.25) is 0 Å². The maximum absolute atomic E-state index is 13.5. The van der Waals surface area contributed by atoms with Crippen LogP contribution in [-0.2, 0) is 11.2 Å². The molecule has 1 saturated heterocycles. The number of hydrogen-bond acceptors (Lipinski definition) is 6. The summed E-state index contributed by atoms with van der Waals surface area (Å²) >= 11 is 0. The Balaban J connectivity index is 1.68. The number of carboxylic acid groups (broad SMARTS) is 1. The average molecular weight is 467 g/mol. The number of nitrogens with zero attached hydrogens (tertiary/aromatic N) is 3. The minimum atomic E-state index is -1.34. The maximum Gasteiger partial charge on any atom is 0.339 e. The first kappa shape index (κ1) is 23.6. The van der Waals surface area contributed by atoms with Gasteiger partial charge in [0.1, 0.15) is 16.9 Å². The summed E-state index contributed by atoms with van der Waals surface area (Å²) < 4.78 is 18.4. The van der Waals surface area contributed by atoms with Crippen LogP contribution in [0, 0.1) is 5.82 Å². The van der Waals surface area contributed by atoms with Gasteiger partial charge in [0, 0.05) is 51.4 Å². The molecule has 178 valence electrons. The number of pyridine rings is 1. The summed E-state index contributed by atoms with van der Waals surface area (Å²) in [5.41, 5.74) is 1.48. The molecule has 9 heteroatoms. The molecule has 34 heavy (non-hydrogen) atoms. The molecule has 1 aromatic heterocycles. The number of aromatic carboxylic acids is 1. The van der Waals surface area contributed by atoms with E-state index < -0.39 is 11.7 Å². The van der Waals surface area contributed by atoms with Gasteiger partial charge in [-0.05, 0) is 41.8 Å². The van der Waals surface area contributed by atoms with Gasteiger partial charge in [0.25, 0.3) is 5.91 Å². The number of piperazine rings is 1. The molecule has 1 aliphatic heterocycles. The molecule has 3 aromatic rings. The number of hydrogen-bond donors (Lipinski definition) is 2. The van der Waals surface area contributed by atoms with Gasteiger partial charge in [0.05, 0.1) is 12.2 Å². The third kappa shape index (κ3) is 5.00. The fourth-order valence-corrected chi connectivity index (χ4v) is 4.16. The Morgan fingerprint density at radius 2 is 1.76 bits per heavy atom. The fourth-order valence-electron chi connectivity index (χ4n) is 4.16. The Kier molecular flexibility index (Phi) is 7.04. The molecule has 8 nitrogen and oxygen atoms in total. The second-order valence-corrected chi connectivity index (χ2v) is 8.30. The van der Waals surface area contributed by atoms with E-state index in [1.165, 1.54) is 24.4 Å². The summed E-state index contributed by atoms with van der Waals surface area (Å²) in [6, 6.07) is 9.04. The second-order valence-electron chi connectivity index (χ2n) is 8.30. The average Bonchev–Trinajstić information content (AvgIpc) is 2.84. The molecule has 2 N–H and O–H groups in total. The first-order valence-electron chi connectivity index (χ1n) is 11.0. The van der Waals surface area contributed by atoms with Crippen molar-refractivity contribution in [2.45, 2.75) is 6.42 Å². The van der Waals surface area contributed by atoms with Crippen molar-refractivity contribution in [3.05, 3.63) is 70.7 Å². The highest BCUT2D eigenvalue weighted by Gasteiger charge is 2.27. The Labute approximate surface area is 196 Å². The van der Waals surface area contributed by atoms with E-state index >= 15 is 0 Å². The van der Waals surface area contributed by atoms with E-state index in [1.807, 2.05) is 0 Å². The van der Waals surface area contributed by atoms with Crippen molar-refractivity contribution in [1.29, 1.82) is 0 Å². The van der Waals surface area contributed by atoms with E-state index in [9.17, 15) is 24.2 Å². The Morgan fingerprint density at radius 1 is 1.06 bits per heavy atom. The Bertz CT molecular complexity index is 1210. The standard InChI is InChI=1S/C25H26FN3O5/c1-34-11-10-28-6-8-29(9-7-28)24(31)20-14-21(25(32)33)23(30)22-19(20)13-17(15-27-22)12-16-2-4-18(26)5-3-16/h2-5,13-15,30H,6-12H2,1H3,(H,32,33). The molecule has 1 aliphatic rings. The van der Waals surface area contributed by atoms with Crippen LogP contribution in [0.4, 0.5) is 4.39 Å². The van der Waals surface area contributed by atoms with Crippen LogP contribution in [-0.4, -0.2) is 83.3 Å². The molecule has 0 spiro atoms. The summed E-state index contributed by atoms with van der Waals surface area (Å²) in [7, 11) is 1.65. The summed E-state index contributed by atoms with van der Waals surface area (Å²) in [4.78, 5) is 33.4. The summed E-state index contributed by atoms with van der Waals surface area (Å²) in [6.07, 6.45) is 1.97. The molecule has 2 heterocycles. The maximum atomic E-state index is 13.5. The highest BCUT2D eigenvalue weighted by Crippen LogP contribution is 2.32. The van der Waals surface area contributed by atoms with Gasteiger partial charge in [-0.25, -0.2) is 9.18 Å². The van der Waals surface area contributed by atoms with Gasteiger partial charge in [-0.2, -0.15) is 0 Å². The highest BCUT2D eigenvalue weighted by molar-refractivity contribution is 6.11. The Morgan fingerprint density at radius 3 is 2.41 bits per heavy atom. The Hall–Kier alpha value is -3.56. The quantitative estimate of drug-likeness (QED) is 0.551. The smallest absolute Gasteiger partial charge is 0.339 e. The number of aromatic hydroxyl groups is 1. The number of carbonyl (C=O) groups is 2. The number of halogens is 1. The van der Waals surface area contributed by atoms with Crippen LogP contribution in [0.3, 0.4) is 0 Å². The van der Waals surface area contributed by atoms with Crippen molar-refractivity contribution in [3.63, 3.8) is 0 Å². The van der Waals surface area contributed by atoms with E-state index in [1.54, 1.807) is 30.2 Å². The predicted octanol–water partition coefficient (Wildman–Crippen LogP) is 2.77. The van der Waals surface area contributed by atoms with Crippen LogP contribution < -0.4 is 0 Å². The van der Waals surface area contributed by atoms with Gasteiger partial charge in [-0.3, -0.25) is 14.7 Å². The number of carboxylic acids is 1. The lowest BCUT2D eigenvalue weighted by Gasteiger charge is -2.34. The number of methoxy groups -OCH3 is 1. The first-order valence-corrected chi connectivity index (χ1v) is 11.0.